The number of hydrogen-bond acceptors (Lipinski definition) is 4. The van der Waals surface area contributed by atoms with Gasteiger partial charge in [0, 0.05) is 52.0 Å². The molecule has 1 N–H and O–H groups in total. The first-order valence-electron chi connectivity index (χ1n) is 7.26. The number of aromatic nitrogens is 2. The van der Waals surface area contributed by atoms with Gasteiger partial charge in [0.2, 0.25) is 5.91 Å². The van der Waals surface area contributed by atoms with Gasteiger partial charge in [-0.1, -0.05) is 0 Å². The Balaban J connectivity index is 1.82. The average molecular weight is 279 g/mol. The first kappa shape index (κ1) is 15.0. The molecule has 20 heavy (non-hydrogen) atoms. The highest BCUT2D eigenvalue weighted by atomic mass is 16.1. The maximum Gasteiger partial charge on any atom is 0.233 e. The Morgan fingerprint density at radius 3 is 2.55 bits per heavy atom. The molecule has 1 aromatic heterocycles. The minimum atomic E-state index is 0.0938. The molecule has 1 aliphatic rings. The van der Waals surface area contributed by atoms with E-state index in [0.29, 0.717) is 12.6 Å². The molecule has 0 aliphatic carbocycles. The Kier molecular flexibility index (Phi) is 5.14. The van der Waals surface area contributed by atoms with E-state index in [0.717, 1.165) is 32.7 Å². The molecular formula is C14H25N5O. The zero-order valence-corrected chi connectivity index (χ0v) is 12.7. The Morgan fingerprint density at radius 1 is 1.30 bits per heavy atom. The molecule has 1 saturated heterocycles. The van der Waals surface area contributed by atoms with Crippen LogP contribution in [0.5, 0.6) is 0 Å². The van der Waals surface area contributed by atoms with Gasteiger partial charge in [-0.05, 0) is 13.8 Å². The number of nitrogens with zero attached hydrogens (tertiary/aromatic N) is 4. The van der Waals surface area contributed by atoms with Gasteiger partial charge in [-0.25, -0.2) is 4.98 Å². The lowest BCUT2D eigenvalue weighted by Crippen LogP contribution is -2.48. The quantitative estimate of drug-likeness (QED) is 0.844. The van der Waals surface area contributed by atoms with Crippen LogP contribution in [0.3, 0.4) is 0 Å². The van der Waals surface area contributed by atoms with E-state index in [9.17, 15) is 4.79 Å². The Bertz CT molecular complexity index is 435. The molecule has 0 saturated carbocycles. The summed E-state index contributed by atoms with van der Waals surface area (Å²) in [7, 11) is 1.69. The van der Waals surface area contributed by atoms with Gasteiger partial charge in [0.15, 0.2) is 0 Å². The van der Waals surface area contributed by atoms with E-state index >= 15 is 0 Å². The van der Waals surface area contributed by atoms with Gasteiger partial charge in [0.05, 0.1) is 18.6 Å². The molecule has 6 nitrogen and oxygen atoms in total. The molecule has 0 bridgehead atoms. The van der Waals surface area contributed by atoms with E-state index < -0.39 is 0 Å². The summed E-state index contributed by atoms with van der Waals surface area (Å²) >= 11 is 0. The van der Waals surface area contributed by atoms with Crippen LogP contribution >= 0.6 is 0 Å². The lowest BCUT2D eigenvalue weighted by atomic mass is 10.2. The van der Waals surface area contributed by atoms with Crippen LogP contribution in [0, 0.1) is 0 Å². The highest BCUT2D eigenvalue weighted by Crippen LogP contribution is 2.12. The summed E-state index contributed by atoms with van der Waals surface area (Å²) in [6, 6.07) is 0.446. The molecule has 1 fully saturated rings. The minimum absolute atomic E-state index is 0.0938. The molecule has 1 aliphatic heterocycles. The third-order valence-corrected chi connectivity index (χ3v) is 3.80. The number of piperazine rings is 1. The minimum Gasteiger partial charge on any atom is -0.358 e. The standard InChI is InChI=1S/C14H25N5O/c1-12(2)19-11-16-8-13(19)9-17-4-6-18(7-5-17)10-14(20)15-3/h8,11-12H,4-7,9-10H2,1-3H3,(H,15,20). The molecule has 112 valence electrons. The van der Waals surface area contributed by atoms with Crippen molar-refractivity contribution in [2.75, 3.05) is 39.8 Å². The summed E-state index contributed by atoms with van der Waals surface area (Å²) < 4.78 is 2.22. The monoisotopic (exact) mass is 279 g/mol. The SMILES string of the molecule is CNC(=O)CN1CCN(Cc2cncn2C(C)C)CC1. The number of hydrogen-bond donors (Lipinski definition) is 1. The third kappa shape index (κ3) is 3.80. The second-order valence-electron chi connectivity index (χ2n) is 5.61. The number of likely N-dealkylation sites (N-methyl/N-ethyl adjacent to an activating group) is 1. The van der Waals surface area contributed by atoms with Crippen LogP contribution in [0.25, 0.3) is 0 Å². The molecule has 0 unspecified atom stereocenters. The van der Waals surface area contributed by atoms with Crippen molar-refractivity contribution >= 4 is 5.91 Å². The first-order valence-corrected chi connectivity index (χ1v) is 7.26. The smallest absolute Gasteiger partial charge is 0.233 e. The van der Waals surface area contributed by atoms with Gasteiger partial charge < -0.3 is 9.88 Å². The van der Waals surface area contributed by atoms with Crippen LogP contribution in [-0.4, -0.2) is 65.0 Å². The van der Waals surface area contributed by atoms with Gasteiger partial charge >= 0.3 is 0 Å². The van der Waals surface area contributed by atoms with Crippen molar-refractivity contribution in [2.24, 2.45) is 0 Å². The van der Waals surface area contributed by atoms with E-state index in [1.165, 1.54) is 5.69 Å². The summed E-state index contributed by atoms with van der Waals surface area (Å²) in [4.78, 5) is 20.2. The molecule has 0 spiro atoms. The van der Waals surface area contributed by atoms with Gasteiger partial charge in [-0.2, -0.15) is 0 Å². The van der Waals surface area contributed by atoms with Crippen LogP contribution in [-0.2, 0) is 11.3 Å². The van der Waals surface area contributed by atoms with Gasteiger partial charge in [-0.3, -0.25) is 14.6 Å². The van der Waals surface area contributed by atoms with Crippen molar-refractivity contribution in [3.05, 3.63) is 18.2 Å². The second kappa shape index (κ2) is 6.85. The number of carbonyl (C=O) groups excluding carboxylic acids is 1. The summed E-state index contributed by atoms with van der Waals surface area (Å²) in [6.07, 6.45) is 3.86. The summed E-state index contributed by atoms with van der Waals surface area (Å²) in [5, 5.41) is 2.67. The highest BCUT2D eigenvalue weighted by molar-refractivity contribution is 5.77. The molecule has 6 heteroatoms. The zero-order valence-electron chi connectivity index (χ0n) is 12.7. The lowest BCUT2D eigenvalue weighted by Gasteiger charge is -2.34. The number of rotatable bonds is 5. The molecule has 0 radical (unpaired) electrons. The first-order chi connectivity index (χ1) is 9.60. The second-order valence-corrected chi connectivity index (χ2v) is 5.61. The lowest BCUT2D eigenvalue weighted by molar-refractivity contribution is -0.122. The Labute approximate surface area is 120 Å². The van der Waals surface area contributed by atoms with Crippen molar-refractivity contribution in [2.45, 2.75) is 26.4 Å². The van der Waals surface area contributed by atoms with Crippen LogP contribution in [0.4, 0.5) is 0 Å². The fraction of sp³-hybridized carbons (Fsp3) is 0.714. The Morgan fingerprint density at radius 2 is 1.95 bits per heavy atom. The Hall–Kier alpha value is -1.40. The van der Waals surface area contributed by atoms with Crippen LogP contribution in [0.15, 0.2) is 12.5 Å². The van der Waals surface area contributed by atoms with E-state index in [-0.39, 0.29) is 5.91 Å². The van der Waals surface area contributed by atoms with Gasteiger partial charge in [0.1, 0.15) is 0 Å². The number of imidazole rings is 1. The highest BCUT2D eigenvalue weighted by Gasteiger charge is 2.19. The summed E-state index contributed by atoms with van der Waals surface area (Å²) in [6.45, 7) is 9.69. The predicted molar refractivity (Wildman–Crippen MR) is 78.4 cm³/mol. The summed E-state index contributed by atoms with van der Waals surface area (Å²) in [5.41, 5.74) is 1.26. The topological polar surface area (TPSA) is 53.4 Å². The molecule has 2 rings (SSSR count). The molecule has 1 amide bonds. The van der Waals surface area contributed by atoms with Gasteiger partial charge in [0.25, 0.3) is 0 Å². The van der Waals surface area contributed by atoms with Gasteiger partial charge in [-0.15, -0.1) is 0 Å². The molecule has 2 heterocycles. The number of nitrogens with one attached hydrogen (secondary N) is 1. The van der Waals surface area contributed by atoms with E-state index in [1.807, 2.05) is 12.5 Å². The average Bonchev–Trinajstić information content (AvgIpc) is 2.89. The van der Waals surface area contributed by atoms with Crippen LogP contribution in [0.1, 0.15) is 25.6 Å². The maximum absolute atomic E-state index is 11.4. The fourth-order valence-corrected chi connectivity index (χ4v) is 2.54. The van der Waals surface area contributed by atoms with E-state index in [4.69, 9.17) is 0 Å². The molecule has 0 atom stereocenters. The van der Waals surface area contributed by atoms with Crippen molar-refractivity contribution < 1.29 is 4.79 Å². The third-order valence-electron chi connectivity index (χ3n) is 3.80. The number of carbonyl (C=O) groups is 1. The molecule has 1 aromatic rings. The predicted octanol–water partition coefficient (Wildman–Crippen LogP) is 0.328. The van der Waals surface area contributed by atoms with Crippen molar-refractivity contribution in [3.8, 4) is 0 Å². The van der Waals surface area contributed by atoms with E-state index in [1.54, 1.807) is 7.05 Å². The normalized spacial score (nSPS) is 17.6. The molecule has 0 aromatic carbocycles. The fourth-order valence-electron chi connectivity index (χ4n) is 2.54. The zero-order chi connectivity index (χ0) is 14.5. The van der Waals surface area contributed by atoms with Crippen molar-refractivity contribution in [1.29, 1.82) is 0 Å². The summed E-state index contributed by atoms with van der Waals surface area (Å²) in [5.74, 6) is 0.0938. The van der Waals surface area contributed by atoms with E-state index in [2.05, 4.69) is 38.5 Å². The molecular weight excluding hydrogens is 254 g/mol. The van der Waals surface area contributed by atoms with Crippen molar-refractivity contribution in [1.82, 2.24) is 24.7 Å². The van der Waals surface area contributed by atoms with Crippen LogP contribution < -0.4 is 5.32 Å². The largest absolute Gasteiger partial charge is 0.358 e. The van der Waals surface area contributed by atoms with Crippen LogP contribution in [0.2, 0.25) is 0 Å². The van der Waals surface area contributed by atoms with Crippen molar-refractivity contribution in [3.63, 3.8) is 0 Å². The number of amides is 1. The maximum atomic E-state index is 11.4.